The molecule has 0 saturated carbocycles. The molecule has 0 bridgehead atoms. The molecule has 2 aliphatic heterocycles. The molecule has 2 aliphatic rings. The number of anilines is 1. The average Bonchev–Trinajstić information content (AvgIpc) is 3.17. The van der Waals surface area contributed by atoms with Crippen molar-refractivity contribution in [2.45, 2.75) is 19.5 Å². The van der Waals surface area contributed by atoms with Gasteiger partial charge in [-0.3, -0.25) is 19.6 Å². The van der Waals surface area contributed by atoms with Crippen LogP contribution in [-0.4, -0.2) is 69.0 Å². The second-order valence-electron chi connectivity index (χ2n) is 6.42. The van der Waals surface area contributed by atoms with E-state index in [1.807, 2.05) is 24.9 Å². The summed E-state index contributed by atoms with van der Waals surface area (Å²) in [4.78, 5) is 17.9. The molecule has 2 saturated heterocycles. The largest absolute Gasteiger partial charge is 0.326 e. The number of aryl methyl sites for hydroxylation is 1. The highest BCUT2D eigenvalue weighted by Crippen LogP contribution is 2.25. The normalized spacial score (nSPS) is 19.7. The predicted molar refractivity (Wildman–Crippen MR) is 85.2 cm³/mol. The molecule has 2 amide bonds. The van der Waals surface area contributed by atoms with Gasteiger partial charge < -0.3 is 4.90 Å². The van der Waals surface area contributed by atoms with Crippen LogP contribution in [0.2, 0.25) is 0 Å². The zero-order valence-electron chi connectivity index (χ0n) is 13.4. The second kappa shape index (κ2) is 5.38. The molecule has 8 nitrogen and oxygen atoms in total. The lowest BCUT2D eigenvalue weighted by Crippen LogP contribution is -2.47. The van der Waals surface area contributed by atoms with Gasteiger partial charge in [-0.1, -0.05) is 0 Å². The third kappa shape index (κ3) is 2.59. The van der Waals surface area contributed by atoms with Gasteiger partial charge in [0.2, 0.25) is 0 Å². The molecule has 2 aromatic heterocycles. The smallest absolute Gasteiger partial charge is 0.324 e. The Morgan fingerprint density at radius 3 is 2.83 bits per heavy atom. The van der Waals surface area contributed by atoms with Crippen LogP contribution in [0.5, 0.6) is 0 Å². The number of rotatable bonds is 4. The minimum atomic E-state index is 0.0497. The van der Waals surface area contributed by atoms with E-state index in [1.165, 1.54) is 0 Å². The number of amides is 2. The van der Waals surface area contributed by atoms with Crippen LogP contribution in [0, 0.1) is 6.92 Å². The summed E-state index contributed by atoms with van der Waals surface area (Å²) in [7, 11) is 1.83. The molecule has 0 aliphatic carbocycles. The number of hydrogen-bond acceptors (Lipinski definition) is 4. The number of carbonyl (C=O) groups is 1. The molecule has 23 heavy (non-hydrogen) atoms. The van der Waals surface area contributed by atoms with Gasteiger partial charge in [-0.2, -0.15) is 10.2 Å². The van der Waals surface area contributed by atoms with Crippen LogP contribution in [0.4, 0.5) is 10.5 Å². The molecule has 122 valence electrons. The maximum atomic E-state index is 12.0. The molecular formula is C15H21N7O. The Morgan fingerprint density at radius 2 is 2.17 bits per heavy atom. The second-order valence-corrected chi connectivity index (χ2v) is 6.42. The molecule has 4 heterocycles. The lowest BCUT2D eigenvalue weighted by Gasteiger charge is -2.38. The van der Waals surface area contributed by atoms with Crippen LogP contribution in [0.15, 0.2) is 18.5 Å². The summed E-state index contributed by atoms with van der Waals surface area (Å²) in [5.41, 5.74) is 3.06. The van der Waals surface area contributed by atoms with Gasteiger partial charge in [0.1, 0.15) is 0 Å². The quantitative estimate of drug-likeness (QED) is 0.907. The van der Waals surface area contributed by atoms with Crippen molar-refractivity contribution in [1.29, 1.82) is 0 Å². The maximum Gasteiger partial charge on any atom is 0.324 e. The highest BCUT2D eigenvalue weighted by molar-refractivity contribution is 5.93. The molecule has 8 heteroatoms. The van der Waals surface area contributed by atoms with Crippen molar-refractivity contribution >= 4 is 11.7 Å². The summed E-state index contributed by atoms with van der Waals surface area (Å²) in [6.07, 6.45) is 3.77. The fourth-order valence-corrected chi connectivity index (χ4v) is 3.18. The lowest BCUT2D eigenvalue weighted by molar-refractivity contribution is 0.0896. The minimum absolute atomic E-state index is 0.0497. The summed E-state index contributed by atoms with van der Waals surface area (Å²) in [6.45, 7) is 6.30. The Morgan fingerprint density at radius 1 is 1.35 bits per heavy atom. The van der Waals surface area contributed by atoms with Crippen molar-refractivity contribution < 1.29 is 4.79 Å². The number of likely N-dealkylation sites (N-methyl/N-ethyl adjacent to an activating group) is 1. The third-order valence-corrected chi connectivity index (χ3v) is 4.57. The molecule has 0 unspecified atom stereocenters. The predicted octanol–water partition coefficient (Wildman–Crippen LogP) is 0.843. The summed E-state index contributed by atoms with van der Waals surface area (Å²) < 4.78 is 1.98. The number of likely N-dealkylation sites (tertiary alicyclic amines) is 1. The van der Waals surface area contributed by atoms with E-state index < -0.39 is 0 Å². The number of aromatic amines is 1. The summed E-state index contributed by atoms with van der Waals surface area (Å²) >= 11 is 0. The van der Waals surface area contributed by atoms with Gasteiger partial charge in [0.25, 0.3) is 0 Å². The van der Waals surface area contributed by atoms with E-state index in [0.717, 1.165) is 49.8 Å². The van der Waals surface area contributed by atoms with Gasteiger partial charge in [0, 0.05) is 51.7 Å². The zero-order valence-corrected chi connectivity index (χ0v) is 13.4. The van der Waals surface area contributed by atoms with E-state index >= 15 is 0 Å². The van der Waals surface area contributed by atoms with Crippen LogP contribution in [0.1, 0.15) is 17.4 Å². The van der Waals surface area contributed by atoms with Gasteiger partial charge in [0.05, 0.1) is 23.6 Å². The highest BCUT2D eigenvalue weighted by atomic mass is 16.2. The first kappa shape index (κ1) is 14.3. The van der Waals surface area contributed by atoms with Gasteiger partial charge in [-0.25, -0.2) is 4.79 Å². The SMILES string of the molecule is Cc1cc(CN2CC(n3cc(N4CCN(C)C4=O)cn3)C2)n[nH]1. The van der Waals surface area contributed by atoms with Gasteiger partial charge in [0.15, 0.2) is 0 Å². The Labute approximate surface area is 134 Å². The number of H-pyrrole nitrogens is 1. The van der Waals surface area contributed by atoms with Crippen molar-refractivity contribution in [3.05, 3.63) is 29.8 Å². The van der Waals surface area contributed by atoms with Gasteiger partial charge >= 0.3 is 6.03 Å². The zero-order chi connectivity index (χ0) is 16.0. The first-order chi connectivity index (χ1) is 11.1. The van der Waals surface area contributed by atoms with E-state index in [0.29, 0.717) is 6.04 Å². The number of nitrogens with zero attached hydrogens (tertiary/aromatic N) is 6. The molecule has 4 rings (SSSR count). The Hall–Kier alpha value is -2.35. The summed E-state index contributed by atoms with van der Waals surface area (Å²) in [5, 5.41) is 11.7. The summed E-state index contributed by atoms with van der Waals surface area (Å²) in [6, 6.07) is 2.50. The number of urea groups is 1. The van der Waals surface area contributed by atoms with E-state index in [9.17, 15) is 4.79 Å². The first-order valence-corrected chi connectivity index (χ1v) is 7.90. The van der Waals surface area contributed by atoms with Crippen molar-refractivity contribution in [3.8, 4) is 0 Å². The van der Waals surface area contributed by atoms with E-state index in [2.05, 4.69) is 26.3 Å². The van der Waals surface area contributed by atoms with E-state index in [1.54, 1.807) is 16.0 Å². The van der Waals surface area contributed by atoms with Crippen molar-refractivity contribution in [1.82, 2.24) is 29.8 Å². The van der Waals surface area contributed by atoms with Gasteiger partial charge in [-0.15, -0.1) is 0 Å². The number of aromatic nitrogens is 4. The molecule has 2 aromatic rings. The minimum Gasteiger partial charge on any atom is -0.326 e. The number of carbonyl (C=O) groups excluding carboxylic acids is 1. The molecular weight excluding hydrogens is 294 g/mol. The molecule has 0 atom stereocenters. The molecule has 0 aromatic carbocycles. The van der Waals surface area contributed by atoms with Crippen LogP contribution in [0.3, 0.4) is 0 Å². The van der Waals surface area contributed by atoms with Crippen LogP contribution in [0.25, 0.3) is 0 Å². The standard InChI is InChI=1S/C15H21N7O/c1-11-5-12(18-17-11)7-20-8-14(9-20)22-10-13(6-16-22)21-4-3-19(2)15(21)23/h5-6,10,14H,3-4,7-9H2,1-2H3,(H,17,18). The summed E-state index contributed by atoms with van der Waals surface area (Å²) in [5.74, 6) is 0. The Balaban J connectivity index is 1.35. The fourth-order valence-electron chi connectivity index (χ4n) is 3.18. The number of hydrogen-bond donors (Lipinski definition) is 1. The lowest BCUT2D eigenvalue weighted by atomic mass is 10.1. The first-order valence-electron chi connectivity index (χ1n) is 7.90. The fraction of sp³-hybridized carbons (Fsp3) is 0.533. The molecule has 2 fully saturated rings. The Bertz CT molecular complexity index is 715. The third-order valence-electron chi connectivity index (χ3n) is 4.57. The number of nitrogens with one attached hydrogen (secondary N) is 1. The topological polar surface area (TPSA) is 73.3 Å². The van der Waals surface area contributed by atoms with Gasteiger partial charge in [-0.05, 0) is 13.0 Å². The van der Waals surface area contributed by atoms with Crippen LogP contribution < -0.4 is 4.90 Å². The van der Waals surface area contributed by atoms with Crippen molar-refractivity contribution in [2.75, 3.05) is 38.1 Å². The Kier molecular flexibility index (Phi) is 3.33. The van der Waals surface area contributed by atoms with E-state index in [4.69, 9.17) is 0 Å². The van der Waals surface area contributed by atoms with Crippen molar-refractivity contribution in [3.63, 3.8) is 0 Å². The van der Waals surface area contributed by atoms with Crippen LogP contribution >= 0.6 is 0 Å². The van der Waals surface area contributed by atoms with Crippen LogP contribution in [-0.2, 0) is 6.54 Å². The molecule has 0 spiro atoms. The maximum absolute atomic E-state index is 12.0. The van der Waals surface area contributed by atoms with E-state index in [-0.39, 0.29) is 6.03 Å². The van der Waals surface area contributed by atoms with Crippen molar-refractivity contribution in [2.24, 2.45) is 0 Å². The highest BCUT2D eigenvalue weighted by Gasteiger charge is 2.31. The average molecular weight is 315 g/mol. The monoisotopic (exact) mass is 315 g/mol. The molecule has 0 radical (unpaired) electrons. The molecule has 1 N–H and O–H groups in total.